The minimum atomic E-state index is -0.460. The first-order valence-corrected chi connectivity index (χ1v) is 9.32. The standard InChI is InChI=1S/C18H22N4O2S/c1-18(2,3)19-16(23)15-11-25-12-21(15)17(24)14-9-10-22(20-14)13-7-5-4-6-8-13/h4-10,15H,11-12H2,1-3H3,(H,19,23). The van der Waals surface area contributed by atoms with Crippen LogP contribution in [0.4, 0.5) is 0 Å². The number of thioether (sulfide) groups is 1. The lowest BCUT2D eigenvalue weighted by atomic mass is 10.1. The summed E-state index contributed by atoms with van der Waals surface area (Å²) in [5, 5.41) is 7.33. The van der Waals surface area contributed by atoms with Crippen LogP contribution < -0.4 is 5.32 Å². The largest absolute Gasteiger partial charge is 0.350 e. The number of para-hydroxylation sites is 1. The number of carbonyl (C=O) groups excluding carboxylic acids is 2. The second kappa shape index (κ2) is 6.92. The summed E-state index contributed by atoms with van der Waals surface area (Å²) < 4.78 is 1.67. The zero-order chi connectivity index (χ0) is 18.0. The molecule has 2 amide bonds. The van der Waals surface area contributed by atoms with Crippen LogP contribution in [0.25, 0.3) is 5.69 Å². The molecule has 1 aromatic carbocycles. The van der Waals surface area contributed by atoms with Gasteiger partial charge in [-0.3, -0.25) is 9.59 Å². The monoisotopic (exact) mass is 358 g/mol. The average Bonchev–Trinajstić information content (AvgIpc) is 3.23. The summed E-state index contributed by atoms with van der Waals surface area (Å²) in [6.07, 6.45) is 1.76. The van der Waals surface area contributed by atoms with E-state index < -0.39 is 6.04 Å². The molecule has 0 aliphatic carbocycles. The van der Waals surface area contributed by atoms with Crippen molar-refractivity contribution in [3.63, 3.8) is 0 Å². The summed E-state index contributed by atoms with van der Waals surface area (Å²) in [7, 11) is 0. The zero-order valence-corrected chi connectivity index (χ0v) is 15.4. The normalized spacial score (nSPS) is 17.6. The average molecular weight is 358 g/mol. The number of hydrogen-bond donors (Lipinski definition) is 1. The summed E-state index contributed by atoms with van der Waals surface area (Å²) >= 11 is 1.58. The second-order valence-corrected chi connectivity index (χ2v) is 8.01. The molecule has 1 N–H and O–H groups in total. The van der Waals surface area contributed by atoms with E-state index in [0.717, 1.165) is 5.69 Å². The Morgan fingerprint density at radius 1 is 1.20 bits per heavy atom. The lowest BCUT2D eigenvalue weighted by molar-refractivity contribution is -0.125. The van der Waals surface area contributed by atoms with E-state index in [9.17, 15) is 9.59 Å². The molecule has 1 fully saturated rings. The summed E-state index contributed by atoms with van der Waals surface area (Å²) in [5.74, 6) is 0.772. The molecule has 1 aliphatic heterocycles. The fraction of sp³-hybridized carbons (Fsp3) is 0.389. The van der Waals surface area contributed by atoms with Crippen LogP contribution in [0.3, 0.4) is 0 Å². The van der Waals surface area contributed by atoms with E-state index >= 15 is 0 Å². The molecule has 3 rings (SSSR count). The van der Waals surface area contributed by atoms with Gasteiger partial charge >= 0.3 is 0 Å². The molecule has 25 heavy (non-hydrogen) atoms. The van der Waals surface area contributed by atoms with Crippen molar-refractivity contribution in [3.8, 4) is 5.69 Å². The molecule has 1 saturated heterocycles. The van der Waals surface area contributed by atoms with Crippen LogP contribution in [0, 0.1) is 0 Å². The highest BCUT2D eigenvalue weighted by atomic mass is 32.2. The maximum Gasteiger partial charge on any atom is 0.275 e. The summed E-state index contributed by atoms with van der Waals surface area (Å²) in [6, 6.07) is 10.8. The van der Waals surface area contributed by atoms with Gasteiger partial charge in [0.05, 0.1) is 11.6 Å². The lowest BCUT2D eigenvalue weighted by Gasteiger charge is -2.27. The van der Waals surface area contributed by atoms with Crippen LogP contribution in [-0.4, -0.2) is 49.7 Å². The highest BCUT2D eigenvalue weighted by Crippen LogP contribution is 2.23. The van der Waals surface area contributed by atoms with Crippen LogP contribution in [0.5, 0.6) is 0 Å². The third-order valence-electron chi connectivity index (χ3n) is 3.77. The van der Waals surface area contributed by atoms with Crippen molar-refractivity contribution in [1.82, 2.24) is 20.0 Å². The number of rotatable bonds is 3. The molecule has 0 spiro atoms. The van der Waals surface area contributed by atoms with Crippen LogP contribution in [0.1, 0.15) is 31.3 Å². The molecule has 1 unspecified atom stereocenters. The Bertz CT molecular complexity index is 767. The van der Waals surface area contributed by atoms with Gasteiger partial charge in [0.1, 0.15) is 6.04 Å². The van der Waals surface area contributed by atoms with Crippen LogP contribution in [-0.2, 0) is 4.79 Å². The van der Waals surface area contributed by atoms with Gasteiger partial charge in [-0.05, 0) is 39.0 Å². The first kappa shape index (κ1) is 17.5. The molecule has 0 radical (unpaired) electrons. The molecule has 2 aromatic rings. The molecule has 0 saturated carbocycles. The number of amides is 2. The fourth-order valence-electron chi connectivity index (χ4n) is 2.62. The predicted molar refractivity (Wildman–Crippen MR) is 98.7 cm³/mol. The lowest BCUT2D eigenvalue weighted by Crippen LogP contribution is -2.52. The van der Waals surface area contributed by atoms with Gasteiger partial charge in [-0.2, -0.15) is 5.10 Å². The molecule has 1 aliphatic rings. The first-order valence-electron chi connectivity index (χ1n) is 8.17. The Morgan fingerprint density at radius 3 is 2.60 bits per heavy atom. The van der Waals surface area contributed by atoms with Crippen molar-refractivity contribution in [2.45, 2.75) is 32.4 Å². The van der Waals surface area contributed by atoms with E-state index in [4.69, 9.17) is 0 Å². The van der Waals surface area contributed by atoms with Gasteiger partial charge in [0.15, 0.2) is 5.69 Å². The zero-order valence-electron chi connectivity index (χ0n) is 14.6. The number of hydrogen-bond acceptors (Lipinski definition) is 4. The van der Waals surface area contributed by atoms with Gasteiger partial charge in [-0.15, -0.1) is 11.8 Å². The number of aromatic nitrogens is 2. The molecule has 2 heterocycles. The van der Waals surface area contributed by atoms with Crippen LogP contribution >= 0.6 is 11.8 Å². The summed E-state index contributed by atoms with van der Waals surface area (Å²) in [4.78, 5) is 26.9. The van der Waals surface area contributed by atoms with Gasteiger partial charge in [0.25, 0.3) is 5.91 Å². The first-order chi connectivity index (χ1) is 11.8. The van der Waals surface area contributed by atoms with Gasteiger partial charge in [-0.25, -0.2) is 4.68 Å². The predicted octanol–water partition coefficient (Wildman–Crippen LogP) is 2.30. The van der Waals surface area contributed by atoms with E-state index in [1.807, 2.05) is 51.1 Å². The minimum absolute atomic E-state index is 0.117. The van der Waals surface area contributed by atoms with Gasteiger partial charge < -0.3 is 10.2 Å². The summed E-state index contributed by atoms with van der Waals surface area (Å²) in [6.45, 7) is 5.79. The van der Waals surface area contributed by atoms with E-state index in [1.54, 1.807) is 33.6 Å². The molecule has 0 bridgehead atoms. The minimum Gasteiger partial charge on any atom is -0.350 e. The highest BCUT2D eigenvalue weighted by Gasteiger charge is 2.37. The van der Waals surface area contributed by atoms with Crippen molar-refractivity contribution < 1.29 is 9.59 Å². The second-order valence-electron chi connectivity index (χ2n) is 7.01. The number of nitrogens with zero attached hydrogens (tertiary/aromatic N) is 3. The Labute approximate surface area is 151 Å². The van der Waals surface area contributed by atoms with Crippen molar-refractivity contribution >= 4 is 23.6 Å². The Hall–Kier alpha value is -2.28. The van der Waals surface area contributed by atoms with E-state index in [0.29, 0.717) is 17.3 Å². The molecule has 1 aromatic heterocycles. The molecule has 1 atom stereocenters. The van der Waals surface area contributed by atoms with Crippen molar-refractivity contribution in [1.29, 1.82) is 0 Å². The Kier molecular flexibility index (Phi) is 4.85. The van der Waals surface area contributed by atoms with Gasteiger partial charge in [-0.1, -0.05) is 18.2 Å². The number of nitrogens with one attached hydrogen (secondary N) is 1. The number of carbonyl (C=O) groups is 2. The quantitative estimate of drug-likeness (QED) is 0.914. The van der Waals surface area contributed by atoms with E-state index in [2.05, 4.69) is 10.4 Å². The summed E-state index contributed by atoms with van der Waals surface area (Å²) in [5.41, 5.74) is 0.910. The third kappa shape index (κ3) is 4.04. The van der Waals surface area contributed by atoms with Crippen LogP contribution in [0.2, 0.25) is 0 Å². The molecule has 7 heteroatoms. The van der Waals surface area contributed by atoms with Gasteiger partial charge in [0, 0.05) is 17.5 Å². The molecular weight excluding hydrogens is 336 g/mol. The maximum absolute atomic E-state index is 12.8. The van der Waals surface area contributed by atoms with Crippen LogP contribution in [0.15, 0.2) is 42.6 Å². The van der Waals surface area contributed by atoms with Crippen molar-refractivity contribution in [2.24, 2.45) is 0 Å². The van der Waals surface area contributed by atoms with E-state index in [1.165, 1.54) is 0 Å². The van der Waals surface area contributed by atoms with Crippen molar-refractivity contribution in [2.75, 3.05) is 11.6 Å². The molecule has 132 valence electrons. The SMILES string of the molecule is CC(C)(C)NC(=O)C1CSCN1C(=O)c1ccn(-c2ccccc2)n1. The third-order valence-corrected chi connectivity index (χ3v) is 4.79. The fourth-order valence-corrected chi connectivity index (χ4v) is 3.78. The Balaban J connectivity index is 1.76. The topological polar surface area (TPSA) is 67.2 Å². The number of benzene rings is 1. The highest BCUT2D eigenvalue weighted by molar-refractivity contribution is 7.99. The van der Waals surface area contributed by atoms with Gasteiger partial charge in [0.2, 0.25) is 5.91 Å². The molecular formula is C18H22N4O2S. The maximum atomic E-state index is 12.8. The van der Waals surface area contributed by atoms with E-state index in [-0.39, 0.29) is 17.4 Å². The Morgan fingerprint density at radius 2 is 1.92 bits per heavy atom. The van der Waals surface area contributed by atoms with Crippen molar-refractivity contribution in [3.05, 3.63) is 48.3 Å². The smallest absolute Gasteiger partial charge is 0.275 e. The molecule has 6 nitrogen and oxygen atoms in total.